The lowest BCUT2D eigenvalue weighted by molar-refractivity contribution is 0.250. The van der Waals surface area contributed by atoms with Gasteiger partial charge in [-0.2, -0.15) is 0 Å². The Bertz CT molecular complexity index is 363. The predicted octanol–water partition coefficient (Wildman–Crippen LogP) is 1.91. The molecule has 0 heterocycles. The van der Waals surface area contributed by atoms with E-state index in [1.807, 2.05) is 32.0 Å². The zero-order valence-corrected chi connectivity index (χ0v) is 11.6. The van der Waals surface area contributed by atoms with Crippen molar-refractivity contribution in [1.82, 2.24) is 0 Å². The smallest absolute Gasteiger partial charge is 0.122 e. The van der Waals surface area contributed by atoms with Crippen LogP contribution in [0.2, 0.25) is 0 Å². The highest BCUT2D eigenvalue weighted by molar-refractivity contribution is 5.41. The fourth-order valence-electron chi connectivity index (χ4n) is 2.13. The van der Waals surface area contributed by atoms with E-state index in [1.165, 1.54) is 0 Å². The number of methoxy groups -OCH3 is 2. The number of aliphatic hydroxyl groups is 1. The lowest BCUT2D eigenvalue weighted by Crippen LogP contribution is -2.39. The van der Waals surface area contributed by atoms with Crippen LogP contribution in [-0.2, 0) is 0 Å². The third-order valence-corrected chi connectivity index (χ3v) is 3.09. The van der Waals surface area contributed by atoms with Gasteiger partial charge in [0.2, 0.25) is 0 Å². The normalized spacial score (nSPS) is 13.2. The zero-order valence-electron chi connectivity index (χ0n) is 11.6. The molecule has 0 saturated heterocycles. The van der Waals surface area contributed by atoms with Crippen molar-refractivity contribution in [3.63, 3.8) is 0 Å². The van der Waals surface area contributed by atoms with E-state index in [9.17, 15) is 5.11 Å². The van der Waals surface area contributed by atoms with Crippen LogP contribution in [0.5, 0.6) is 11.5 Å². The summed E-state index contributed by atoms with van der Waals surface area (Å²) in [6, 6.07) is 5.71. The van der Waals surface area contributed by atoms with Gasteiger partial charge in [-0.3, -0.25) is 0 Å². The van der Waals surface area contributed by atoms with Crippen molar-refractivity contribution in [2.45, 2.75) is 31.7 Å². The lowest BCUT2D eigenvalue weighted by Gasteiger charge is -2.31. The molecule has 0 fully saturated rings. The summed E-state index contributed by atoms with van der Waals surface area (Å²) in [4.78, 5) is 0. The van der Waals surface area contributed by atoms with Gasteiger partial charge in [-0.05, 0) is 38.0 Å². The molecule has 1 atom stereocenters. The van der Waals surface area contributed by atoms with Crippen molar-refractivity contribution < 1.29 is 14.6 Å². The standard InChI is InChI=1S/C14H23NO3/c1-14(2,15)13(5-6-16)10-7-11(17-3)9-12(8-10)18-4/h7-9,13,16H,5-6,15H2,1-4H3. The molecule has 18 heavy (non-hydrogen) atoms. The van der Waals surface area contributed by atoms with Gasteiger partial charge in [-0.15, -0.1) is 0 Å². The molecular weight excluding hydrogens is 230 g/mol. The zero-order chi connectivity index (χ0) is 13.8. The molecule has 0 saturated carbocycles. The Morgan fingerprint density at radius 1 is 1.17 bits per heavy atom. The van der Waals surface area contributed by atoms with Crippen molar-refractivity contribution in [1.29, 1.82) is 0 Å². The van der Waals surface area contributed by atoms with E-state index in [2.05, 4.69) is 0 Å². The Morgan fingerprint density at radius 3 is 2.00 bits per heavy atom. The average molecular weight is 253 g/mol. The van der Waals surface area contributed by atoms with Gasteiger partial charge in [0.15, 0.2) is 0 Å². The molecule has 3 N–H and O–H groups in total. The molecule has 102 valence electrons. The Balaban J connectivity index is 3.18. The topological polar surface area (TPSA) is 64.7 Å². The number of aliphatic hydroxyl groups excluding tert-OH is 1. The molecule has 0 bridgehead atoms. The van der Waals surface area contributed by atoms with E-state index in [0.717, 1.165) is 17.1 Å². The summed E-state index contributed by atoms with van der Waals surface area (Å²) in [5.74, 6) is 1.51. The summed E-state index contributed by atoms with van der Waals surface area (Å²) in [6.45, 7) is 4.02. The van der Waals surface area contributed by atoms with Crippen molar-refractivity contribution in [3.8, 4) is 11.5 Å². The largest absolute Gasteiger partial charge is 0.497 e. The number of hydrogen-bond donors (Lipinski definition) is 2. The van der Waals surface area contributed by atoms with E-state index in [-0.39, 0.29) is 12.5 Å². The molecule has 0 amide bonds. The molecule has 0 aliphatic heterocycles. The molecule has 0 aromatic heterocycles. The summed E-state index contributed by atoms with van der Waals surface area (Å²) in [5, 5.41) is 9.20. The van der Waals surface area contributed by atoms with Gasteiger partial charge in [-0.25, -0.2) is 0 Å². The number of hydrogen-bond acceptors (Lipinski definition) is 4. The number of ether oxygens (including phenoxy) is 2. The highest BCUT2D eigenvalue weighted by Crippen LogP contribution is 2.34. The SMILES string of the molecule is COc1cc(OC)cc(C(CCO)C(C)(C)N)c1. The van der Waals surface area contributed by atoms with E-state index < -0.39 is 5.54 Å². The molecule has 0 aliphatic carbocycles. The fourth-order valence-corrected chi connectivity index (χ4v) is 2.13. The fraction of sp³-hybridized carbons (Fsp3) is 0.571. The van der Waals surface area contributed by atoms with Gasteiger partial charge >= 0.3 is 0 Å². The predicted molar refractivity (Wildman–Crippen MR) is 72.3 cm³/mol. The first-order valence-electron chi connectivity index (χ1n) is 6.05. The minimum absolute atomic E-state index is 0.0477. The van der Waals surface area contributed by atoms with Crippen LogP contribution < -0.4 is 15.2 Å². The number of benzene rings is 1. The monoisotopic (exact) mass is 253 g/mol. The van der Waals surface area contributed by atoms with Gasteiger partial charge in [0.25, 0.3) is 0 Å². The van der Waals surface area contributed by atoms with Crippen molar-refractivity contribution in [2.75, 3.05) is 20.8 Å². The quantitative estimate of drug-likeness (QED) is 0.812. The van der Waals surface area contributed by atoms with Crippen LogP contribution in [0.25, 0.3) is 0 Å². The summed E-state index contributed by atoms with van der Waals surface area (Å²) in [5.41, 5.74) is 6.79. The molecule has 4 nitrogen and oxygen atoms in total. The second kappa shape index (κ2) is 6.07. The highest BCUT2D eigenvalue weighted by Gasteiger charge is 2.27. The number of nitrogens with two attached hydrogens (primary N) is 1. The van der Waals surface area contributed by atoms with Crippen LogP contribution >= 0.6 is 0 Å². The lowest BCUT2D eigenvalue weighted by atomic mass is 9.80. The van der Waals surface area contributed by atoms with Gasteiger partial charge in [0, 0.05) is 24.1 Å². The van der Waals surface area contributed by atoms with E-state index in [1.54, 1.807) is 14.2 Å². The first kappa shape index (κ1) is 14.8. The van der Waals surface area contributed by atoms with Crippen molar-refractivity contribution in [3.05, 3.63) is 23.8 Å². The van der Waals surface area contributed by atoms with Gasteiger partial charge in [0.05, 0.1) is 14.2 Å². The summed E-state index contributed by atoms with van der Waals surface area (Å²) in [6.07, 6.45) is 0.611. The average Bonchev–Trinajstić information content (AvgIpc) is 2.33. The second-order valence-corrected chi connectivity index (χ2v) is 5.03. The number of rotatable bonds is 6. The minimum Gasteiger partial charge on any atom is -0.497 e. The summed E-state index contributed by atoms with van der Waals surface area (Å²) in [7, 11) is 3.24. The Morgan fingerprint density at radius 2 is 1.67 bits per heavy atom. The maximum Gasteiger partial charge on any atom is 0.122 e. The van der Waals surface area contributed by atoms with Crippen LogP contribution in [0.4, 0.5) is 0 Å². The van der Waals surface area contributed by atoms with Crippen LogP contribution in [0.1, 0.15) is 31.7 Å². The van der Waals surface area contributed by atoms with Crippen molar-refractivity contribution >= 4 is 0 Å². The van der Waals surface area contributed by atoms with E-state index >= 15 is 0 Å². The molecular formula is C14H23NO3. The van der Waals surface area contributed by atoms with Crippen LogP contribution in [0, 0.1) is 0 Å². The molecule has 1 unspecified atom stereocenters. The van der Waals surface area contributed by atoms with E-state index in [4.69, 9.17) is 15.2 Å². The van der Waals surface area contributed by atoms with Crippen LogP contribution in [-0.4, -0.2) is 31.5 Å². The molecule has 1 rings (SSSR count). The summed E-state index contributed by atoms with van der Waals surface area (Å²) < 4.78 is 10.5. The maximum absolute atomic E-state index is 9.20. The first-order chi connectivity index (χ1) is 8.42. The third-order valence-electron chi connectivity index (χ3n) is 3.09. The van der Waals surface area contributed by atoms with Gasteiger partial charge in [-0.1, -0.05) is 0 Å². The molecule has 1 aromatic rings. The minimum atomic E-state index is -0.417. The summed E-state index contributed by atoms with van der Waals surface area (Å²) >= 11 is 0. The van der Waals surface area contributed by atoms with Gasteiger partial charge < -0.3 is 20.3 Å². The Hall–Kier alpha value is -1.26. The van der Waals surface area contributed by atoms with Gasteiger partial charge in [0.1, 0.15) is 11.5 Å². The maximum atomic E-state index is 9.20. The highest BCUT2D eigenvalue weighted by atomic mass is 16.5. The first-order valence-corrected chi connectivity index (χ1v) is 6.05. The third kappa shape index (κ3) is 3.62. The Kier molecular flexibility index (Phi) is 4.99. The second-order valence-electron chi connectivity index (χ2n) is 5.03. The van der Waals surface area contributed by atoms with Crippen LogP contribution in [0.3, 0.4) is 0 Å². The molecule has 0 spiro atoms. The Labute approximate surface area is 109 Å². The molecule has 4 heteroatoms. The molecule has 0 radical (unpaired) electrons. The molecule has 0 aliphatic rings. The van der Waals surface area contributed by atoms with E-state index in [0.29, 0.717) is 6.42 Å². The molecule has 1 aromatic carbocycles. The van der Waals surface area contributed by atoms with Crippen LogP contribution in [0.15, 0.2) is 18.2 Å². The van der Waals surface area contributed by atoms with Crippen molar-refractivity contribution in [2.24, 2.45) is 5.73 Å².